The minimum absolute atomic E-state index is 0.314. The van der Waals surface area contributed by atoms with Crippen LogP contribution in [0.5, 0.6) is 0 Å². The van der Waals surface area contributed by atoms with Crippen molar-refractivity contribution in [2.75, 3.05) is 0 Å². The van der Waals surface area contributed by atoms with E-state index >= 15 is 0 Å². The molecule has 1 N–H and O–H groups in total. The summed E-state index contributed by atoms with van der Waals surface area (Å²) in [5.74, 6) is 0. The first kappa shape index (κ1) is 11.4. The Morgan fingerprint density at radius 1 is 1.56 bits per heavy atom. The van der Waals surface area contributed by atoms with E-state index in [0.717, 1.165) is 11.6 Å². The van der Waals surface area contributed by atoms with Gasteiger partial charge in [0.1, 0.15) is 5.01 Å². The van der Waals surface area contributed by atoms with Crippen molar-refractivity contribution in [2.24, 2.45) is 7.05 Å². The molecule has 0 radical (unpaired) electrons. The van der Waals surface area contributed by atoms with Crippen molar-refractivity contribution in [3.05, 3.63) is 40.1 Å². The van der Waals surface area contributed by atoms with Gasteiger partial charge in [-0.2, -0.15) is 0 Å². The fraction of sp³-hybridized carbons (Fsp3) is 0.417. The van der Waals surface area contributed by atoms with Crippen LogP contribution >= 0.6 is 11.3 Å². The van der Waals surface area contributed by atoms with E-state index in [0.29, 0.717) is 6.04 Å². The summed E-state index contributed by atoms with van der Waals surface area (Å²) in [4.78, 5) is 5.65. The van der Waals surface area contributed by atoms with Gasteiger partial charge in [-0.3, -0.25) is 0 Å². The Bertz CT molecular complexity index is 458. The van der Waals surface area contributed by atoms with Gasteiger partial charge in [0.2, 0.25) is 0 Å². The van der Waals surface area contributed by atoms with E-state index in [9.17, 15) is 0 Å². The maximum atomic E-state index is 4.39. The van der Waals surface area contributed by atoms with Crippen molar-refractivity contribution in [3.8, 4) is 0 Å². The summed E-state index contributed by atoms with van der Waals surface area (Å²) in [6.07, 6.45) is 4.00. The Balaban J connectivity index is 1.93. The van der Waals surface area contributed by atoms with Crippen LogP contribution in [0.15, 0.2) is 24.5 Å². The average molecular weight is 235 g/mol. The van der Waals surface area contributed by atoms with Gasteiger partial charge < -0.3 is 9.88 Å². The Labute approximate surface area is 100 Å². The molecule has 2 aromatic rings. The quantitative estimate of drug-likeness (QED) is 0.883. The summed E-state index contributed by atoms with van der Waals surface area (Å²) in [5, 5.41) is 4.64. The second kappa shape index (κ2) is 4.80. The lowest BCUT2D eigenvalue weighted by molar-refractivity contribution is 0.555. The Morgan fingerprint density at radius 2 is 2.38 bits per heavy atom. The van der Waals surface area contributed by atoms with Crippen LogP contribution in [-0.4, -0.2) is 9.55 Å². The summed E-state index contributed by atoms with van der Waals surface area (Å²) in [6.45, 7) is 5.12. The van der Waals surface area contributed by atoms with Crippen molar-refractivity contribution in [1.82, 2.24) is 14.9 Å². The standard InChI is InChI=1S/C12H17N3S/c1-9-7-14-12(16-9)10(2)13-8-11-5-4-6-15(11)3/h4-7,10,13H,8H2,1-3H3. The fourth-order valence-electron chi connectivity index (χ4n) is 1.60. The molecule has 0 fully saturated rings. The van der Waals surface area contributed by atoms with E-state index in [1.165, 1.54) is 10.6 Å². The van der Waals surface area contributed by atoms with Gasteiger partial charge in [0.25, 0.3) is 0 Å². The molecular formula is C12H17N3S. The lowest BCUT2D eigenvalue weighted by Gasteiger charge is -2.11. The summed E-state index contributed by atoms with van der Waals surface area (Å²) >= 11 is 1.76. The van der Waals surface area contributed by atoms with Gasteiger partial charge in [-0.15, -0.1) is 11.3 Å². The first-order valence-corrected chi connectivity index (χ1v) is 6.24. The highest BCUT2D eigenvalue weighted by Crippen LogP contribution is 2.19. The topological polar surface area (TPSA) is 29.9 Å². The molecule has 0 aliphatic rings. The van der Waals surface area contributed by atoms with Crippen LogP contribution in [0.25, 0.3) is 0 Å². The van der Waals surface area contributed by atoms with Gasteiger partial charge in [-0.1, -0.05) is 0 Å². The third kappa shape index (κ3) is 2.51. The average Bonchev–Trinajstić information content (AvgIpc) is 2.84. The molecule has 2 heterocycles. The molecule has 0 aliphatic carbocycles. The van der Waals surface area contributed by atoms with Crippen LogP contribution in [0.1, 0.15) is 28.5 Å². The van der Waals surface area contributed by atoms with E-state index < -0.39 is 0 Å². The first-order valence-electron chi connectivity index (χ1n) is 5.42. The van der Waals surface area contributed by atoms with Crippen LogP contribution in [0.3, 0.4) is 0 Å². The fourth-order valence-corrected chi connectivity index (χ4v) is 2.40. The van der Waals surface area contributed by atoms with Gasteiger partial charge in [0.15, 0.2) is 0 Å². The van der Waals surface area contributed by atoms with Gasteiger partial charge in [0, 0.05) is 36.6 Å². The predicted octanol–water partition coefficient (Wildman–Crippen LogP) is 2.64. The second-order valence-electron chi connectivity index (χ2n) is 4.02. The lowest BCUT2D eigenvalue weighted by Crippen LogP contribution is -2.19. The Kier molecular flexibility index (Phi) is 3.41. The highest BCUT2D eigenvalue weighted by Gasteiger charge is 2.09. The molecule has 0 aromatic carbocycles. The largest absolute Gasteiger partial charge is 0.353 e. The molecular weight excluding hydrogens is 218 g/mol. The molecule has 1 atom stereocenters. The van der Waals surface area contributed by atoms with Gasteiger partial charge in [-0.05, 0) is 26.0 Å². The number of nitrogens with zero attached hydrogens (tertiary/aromatic N) is 2. The number of rotatable bonds is 4. The van der Waals surface area contributed by atoms with Crippen LogP contribution < -0.4 is 5.32 Å². The third-order valence-electron chi connectivity index (χ3n) is 2.65. The summed E-state index contributed by atoms with van der Waals surface area (Å²) in [6, 6.07) is 4.51. The highest BCUT2D eigenvalue weighted by atomic mass is 32.1. The normalized spacial score (nSPS) is 12.9. The smallest absolute Gasteiger partial charge is 0.109 e. The molecule has 3 nitrogen and oxygen atoms in total. The maximum Gasteiger partial charge on any atom is 0.109 e. The number of hydrogen-bond acceptors (Lipinski definition) is 3. The van der Waals surface area contributed by atoms with Gasteiger partial charge in [0.05, 0.1) is 6.04 Å². The predicted molar refractivity (Wildman–Crippen MR) is 67.5 cm³/mol. The molecule has 16 heavy (non-hydrogen) atoms. The molecule has 2 aromatic heterocycles. The van der Waals surface area contributed by atoms with E-state index in [2.05, 4.69) is 54.1 Å². The first-order chi connectivity index (χ1) is 7.66. The Hall–Kier alpha value is -1.13. The van der Waals surface area contributed by atoms with Crippen LogP contribution in [0.2, 0.25) is 0 Å². The lowest BCUT2D eigenvalue weighted by atomic mass is 10.3. The van der Waals surface area contributed by atoms with Gasteiger partial charge >= 0.3 is 0 Å². The molecule has 0 spiro atoms. The molecule has 0 saturated heterocycles. The minimum atomic E-state index is 0.314. The van der Waals surface area contributed by atoms with Gasteiger partial charge in [-0.25, -0.2) is 4.98 Å². The zero-order chi connectivity index (χ0) is 11.5. The number of aromatic nitrogens is 2. The SMILES string of the molecule is Cc1cnc(C(C)NCc2cccn2C)s1. The van der Waals surface area contributed by atoms with Crippen LogP contribution in [0.4, 0.5) is 0 Å². The van der Waals surface area contributed by atoms with Crippen molar-refractivity contribution < 1.29 is 0 Å². The summed E-state index contributed by atoms with van der Waals surface area (Å²) < 4.78 is 2.13. The molecule has 4 heteroatoms. The van der Waals surface area contributed by atoms with Crippen molar-refractivity contribution in [1.29, 1.82) is 0 Å². The van der Waals surface area contributed by atoms with Crippen molar-refractivity contribution >= 4 is 11.3 Å². The molecule has 2 rings (SSSR count). The zero-order valence-corrected chi connectivity index (χ0v) is 10.7. The van der Waals surface area contributed by atoms with E-state index in [1.54, 1.807) is 11.3 Å². The number of thiazole rings is 1. The monoisotopic (exact) mass is 235 g/mol. The van der Waals surface area contributed by atoms with E-state index in [4.69, 9.17) is 0 Å². The zero-order valence-electron chi connectivity index (χ0n) is 9.90. The van der Waals surface area contributed by atoms with Crippen LogP contribution in [0, 0.1) is 6.92 Å². The van der Waals surface area contributed by atoms with Crippen molar-refractivity contribution in [3.63, 3.8) is 0 Å². The number of hydrogen-bond donors (Lipinski definition) is 1. The molecule has 86 valence electrons. The Morgan fingerprint density at radius 3 is 2.94 bits per heavy atom. The molecule has 0 saturated carbocycles. The highest BCUT2D eigenvalue weighted by molar-refractivity contribution is 7.11. The number of aryl methyl sites for hydroxylation is 2. The van der Waals surface area contributed by atoms with E-state index in [-0.39, 0.29) is 0 Å². The minimum Gasteiger partial charge on any atom is -0.353 e. The molecule has 0 amide bonds. The van der Waals surface area contributed by atoms with E-state index in [1.807, 2.05) is 6.20 Å². The van der Waals surface area contributed by atoms with Crippen LogP contribution in [-0.2, 0) is 13.6 Å². The number of nitrogens with one attached hydrogen (secondary N) is 1. The van der Waals surface area contributed by atoms with Crippen molar-refractivity contribution in [2.45, 2.75) is 26.4 Å². The molecule has 1 unspecified atom stereocenters. The molecule has 0 bridgehead atoms. The maximum absolute atomic E-state index is 4.39. The third-order valence-corrected chi connectivity index (χ3v) is 3.75. The summed E-state index contributed by atoms with van der Waals surface area (Å²) in [5.41, 5.74) is 1.29. The second-order valence-corrected chi connectivity index (χ2v) is 5.29. The summed E-state index contributed by atoms with van der Waals surface area (Å²) in [7, 11) is 2.06. The molecule has 0 aliphatic heterocycles.